The minimum absolute atomic E-state index is 0.417. The average molecular weight is 171 g/mol. The van der Waals surface area contributed by atoms with Crippen molar-refractivity contribution >= 4 is 0 Å². The molecule has 1 aliphatic carbocycles. The minimum atomic E-state index is 0.417. The predicted molar refractivity (Wildman–Crippen MR) is 51.3 cm³/mol. The average Bonchev–Trinajstić information content (AvgIpc) is 2.50. The van der Waals surface area contributed by atoms with E-state index in [4.69, 9.17) is 4.74 Å². The van der Waals surface area contributed by atoms with Crippen molar-refractivity contribution in [3.05, 3.63) is 0 Å². The number of hydrogen-bond acceptors (Lipinski definition) is 2. The van der Waals surface area contributed by atoms with E-state index in [0.29, 0.717) is 6.10 Å². The van der Waals surface area contributed by atoms with E-state index in [1.54, 1.807) is 0 Å². The van der Waals surface area contributed by atoms with Crippen LogP contribution in [-0.4, -0.2) is 38.3 Å². The Morgan fingerprint density at radius 3 is 2.50 bits per heavy atom. The zero-order valence-corrected chi connectivity index (χ0v) is 8.71. The van der Waals surface area contributed by atoms with Gasteiger partial charge in [-0.05, 0) is 33.9 Å². The summed E-state index contributed by atoms with van der Waals surface area (Å²) in [5.74, 6) is 0.741. The Kier molecular flexibility index (Phi) is 3.53. The van der Waals surface area contributed by atoms with E-state index in [1.807, 2.05) is 7.11 Å². The number of ether oxygens (including phenoxy) is 1. The van der Waals surface area contributed by atoms with E-state index in [0.717, 1.165) is 12.0 Å². The van der Waals surface area contributed by atoms with Crippen molar-refractivity contribution in [1.82, 2.24) is 4.90 Å². The second kappa shape index (κ2) is 4.24. The highest BCUT2D eigenvalue weighted by Gasteiger charge is 2.32. The lowest BCUT2D eigenvalue weighted by Gasteiger charge is -2.29. The predicted octanol–water partition coefficient (Wildman–Crippen LogP) is 1.75. The van der Waals surface area contributed by atoms with E-state index >= 15 is 0 Å². The van der Waals surface area contributed by atoms with Crippen LogP contribution in [-0.2, 0) is 4.74 Å². The molecule has 0 aromatic carbocycles. The van der Waals surface area contributed by atoms with Gasteiger partial charge in [-0.2, -0.15) is 0 Å². The first-order valence-corrected chi connectivity index (χ1v) is 4.86. The van der Waals surface area contributed by atoms with Gasteiger partial charge in [0, 0.05) is 19.1 Å². The molecule has 1 fully saturated rings. The standard InChI is InChI=1S/C10H21NO/c1-8(12-4)9-6-5-7-10(9)11(2)3/h8-10H,5-7H2,1-4H3/t8-,9?,10?/m0/s1. The first-order valence-electron chi connectivity index (χ1n) is 4.86. The Morgan fingerprint density at radius 2 is 2.00 bits per heavy atom. The molecule has 0 bridgehead atoms. The molecule has 0 amide bonds. The molecule has 1 saturated carbocycles. The molecule has 0 N–H and O–H groups in total. The highest BCUT2D eigenvalue weighted by molar-refractivity contribution is 4.86. The summed E-state index contributed by atoms with van der Waals surface area (Å²) in [5.41, 5.74) is 0. The molecule has 3 atom stereocenters. The molecule has 0 heterocycles. The van der Waals surface area contributed by atoms with Gasteiger partial charge in [0.2, 0.25) is 0 Å². The smallest absolute Gasteiger partial charge is 0.0586 e. The van der Waals surface area contributed by atoms with Gasteiger partial charge in [-0.3, -0.25) is 0 Å². The first kappa shape index (κ1) is 10.0. The molecule has 72 valence electrons. The Morgan fingerprint density at radius 1 is 1.33 bits per heavy atom. The van der Waals surface area contributed by atoms with E-state index in [9.17, 15) is 0 Å². The van der Waals surface area contributed by atoms with Gasteiger partial charge in [-0.25, -0.2) is 0 Å². The molecule has 0 saturated heterocycles. The number of methoxy groups -OCH3 is 1. The molecular formula is C10H21NO. The van der Waals surface area contributed by atoms with Gasteiger partial charge < -0.3 is 9.64 Å². The van der Waals surface area contributed by atoms with Crippen molar-refractivity contribution in [1.29, 1.82) is 0 Å². The summed E-state index contributed by atoms with van der Waals surface area (Å²) >= 11 is 0. The van der Waals surface area contributed by atoms with E-state index in [2.05, 4.69) is 25.9 Å². The molecule has 0 radical (unpaired) electrons. The second-order valence-electron chi connectivity index (χ2n) is 4.07. The van der Waals surface area contributed by atoms with Crippen LogP contribution in [0.15, 0.2) is 0 Å². The van der Waals surface area contributed by atoms with E-state index in [1.165, 1.54) is 19.3 Å². The molecule has 0 aliphatic heterocycles. The summed E-state index contributed by atoms with van der Waals surface area (Å²) in [6.45, 7) is 2.19. The van der Waals surface area contributed by atoms with Gasteiger partial charge >= 0.3 is 0 Å². The van der Waals surface area contributed by atoms with Crippen molar-refractivity contribution in [2.75, 3.05) is 21.2 Å². The molecule has 12 heavy (non-hydrogen) atoms. The summed E-state index contributed by atoms with van der Waals surface area (Å²) in [7, 11) is 6.16. The lowest BCUT2D eigenvalue weighted by molar-refractivity contribution is 0.0404. The highest BCUT2D eigenvalue weighted by atomic mass is 16.5. The van der Waals surface area contributed by atoms with Crippen LogP contribution in [0.5, 0.6) is 0 Å². The number of hydrogen-bond donors (Lipinski definition) is 0. The maximum absolute atomic E-state index is 5.39. The monoisotopic (exact) mass is 171 g/mol. The van der Waals surface area contributed by atoms with Gasteiger partial charge in [0.15, 0.2) is 0 Å². The van der Waals surface area contributed by atoms with Crippen LogP contribution in [0, 0.1) is 5.92 Å². The summed E-state index contributed by atoms with van der Waals surface area (Å²) in [6, 6.07) is 0.736. The number of nitrogens with zero attached hydrogens (tertiary/aromatic N) is 1. The van der Waals surface area contributed by atoms with Crippen LogP contribution < -0.4 is 0 Å². The van der Waals surface area contributed by atoms with Gasteiger partial charge in [-0.15, -0.1) is 0 Å². The molecule has 2 unspecified atom stereocenters. The van der Waals surface area contributed by atoms with E-state index in [-0.39, 0.29) is 0 Å². The second-order valence-corrected chi connectivity index (χ2v) is 4.07. The van der Waals surface area contributed by atoms with Crippen molar-refractivity contribution in [2.45, 2.75) is 38.3 Å². The molecule has 1 rings (SSSR count). The van der Waals surface area contributed by atoms with Crippen molar-refractivity contribution in [3.63, 3.8) is 0 Å². The number of rotatable bonds is 3. The summed E-state index contributed by atoms with van der Waals surface area (Å²) < 4.78 is 5.39. The van der Waals surface area contributed by atoms with Crippen molar-refractivity contribution < 1.29 is 4.74 Å². The summed E-state index contributed by atoms with van der Waals surface area (Å²) in [4.78, 5) is 2.34. The fraction of sp³-hybridized carbons (Fsp3) is 1.00. The zero-order valence-electron chi connectivity index (χ0n) is 8.71. The van der Waals surface area contributed by atoms with Crippen LogP contribution in [0.4, 0.5) is 0 Å². The van der Waals surface area contributed by atoms with Crippen molar-refractivity contribution in [3.8, 4) is 0 Å². The first-order chi connectivity index (χ1) is 5.66. The lowest BCUT2D eigenvalue weighted by Crippen LogP contribution is -2.37. The Bertz CT molecular complexity index is 136. The largest absolute Gasteiger partial charge is 0.381 e. The Balaban J connectivity index is 2.51. The third-order valence-corrected chi connectivity index (χ3v) is 3.17. The fourth-order valence-corrected chi connectivity index (χ4v) is 2.33. The van der Waals surface area contributed by atoms with Crippen LogP contribution in [0.2, 0.25) is 0 Å². The van der Waals surface area contributed by atoms with Crippen LogP contribution in [0.1, 0.15) is 26.2 Å². The molecule has 0 aromatic heterocycles. The molecule has 0 aromatic rings. The van der Waals surface area contributed by atoms with Crippen LogP contribution in [0.25, 0.3) is 0 Å². The Labute approximate surface area is 75.9 Å². The molecule has 2 heteroatoms. The Hall–Kier alpha value is -0.0800. The van der Waals surface area contributed by atoms with Crippen molar-refractivity contribution in [2.24, 2.45) is 5.92 Å². The maximum atomic E-state index is 5.39. The summed E-state index contributed by atoms with van der Waals surface area (Å²) in [6.07, 6.45) is 4.45. The van der Waals surface area contributed by atoms with Gasteiger partial charge in [0.05, 0.1) is 6.10 Å². The SMILES string of the molecule is CO[C@@H](C)C1CCCC1N(C)C. The molecule has 2 nitrogen and oxygen atoms in total. The lowest BCUT2D eigenvalue weighted by atomic mass is 9.97. The molecule has 1 aliphatic rings. The van der Waals surface area contributed by atoms with Crippen LogP contribution in [0.3, 0.4) is 0 Å². The minimum Gasteiger partial charge on any atom is -0.381 e. The highest BCUT2D eigenvalue weighted by Crippen LogP contribution is 2.32. The fourth-order valence-electron chi connectivity index (χ4n) is 2.33. The van der Waals surface area contributed by atoms with Gasteiger partial charge in [-0.1, -0.05) is 6.42 Å². The zero-order chi connectivity index (χ0) is 9.14. The molecular weight excluding hydrogens is 150 g/mol. The topological polar surface area (TPSA) is 12.5 Å². The third kappa shape index (κ3) is 1.99. The van der Waals surface area contributed by atoms with Gasteiger partial charge in [0.1, 0.15) is 0 Å². The van der Waals surface area contributed by atoms with Crippen LogP contribution >= 0.6 is 0 Å². The summed E-state index contributed by atoms with van der Waals surface area (Å²) in [5, 5.41) is 0. The third-order valence-electron chi connectivity index (χ3n) is 3.17. The van der Waals surface area contributed by atoms with E-state index < -0.39 is 0 Å². The maximum Gasteiger partial charge on any atom is 0.0586 e. The normalized spacial score (nSPS) is 32.8. The van der Waals surface area contributed by atoms with Gasteiger partial charge in [0.25, 0.3) is 0 Å². The molecule has 0 spiro atoms. The quantitative estimate of drug-likeness (QED) is 0.641.